The second-order valence-electron chi connectivity index (χ2n) is 8.71. The molecule has 0 N–H and O–H groups in total. The molecule has 0 amide bonds. The molecule has 0 atom stereocenters. The normalized spacial score (nSPS) is 18.1. The first-order valence-electron chi connectivity index (χ1n) is 11.7. The molecule has 0 radical (unpaired) electrons. The summed E-state index contributed by atoms with van der Waals surface area (Å²) in [6, 6.07) is 4.79. The molecule has 176 valence electrons. The van der Waals surface area contributed by atoms with Crippen molar-refractivity contribution >= 4 is 15.8 Å². The molecule has 2 aromatic rings. The Balaban J connectivity index is 0.000000243. The zero-order valence-electron chi connectivity index (χ0n) is 19.3. The predicted molar refractivity (Wildman–Crippen MR) is 127 cm³/mol. The van der Waals surface area contributed by atoms with E-state index < -0.39 is 9.84 Å². The lowest BCUT2D eigenvalue weighted by molar-refractivity contribution is 0.00355. The van der Waals surface area contributed by atoms with E-state index in [9.17, 15) is 8.42 Å². The van der Waals surface area contributed by atoms with Crippen molar-refractivity contribution < 1.29 is 13.2 Å². The second kappa shape index (κ2) is 12.3. The van der Waals surface area contributed by atoms with Crippen LogP contribution in [0.15, 0.2) is 41.8 Å². The van der Waals surface area contributed by atoms with E-state index in [0.29, 0.717) is 12.0 Å². The highest BCUT2D eigenvalue weighted by Gasteiger charge is 2.23. The van der Waals surface area contributed by atoms with Gasteiger partial charge in [-0.25, -0.2) is 23.4 Å². The van der Waals surface area contributed by atoms with E-state index >= 15 is 0 Å². The van der Waals surface area contributed by atoms with Gasteiger partial charge in [0.1, 0.15) is 0 Å². The lowest BCUT2D eigenvalue weighted by Gasteiger charge is -2.33. The number of ether oxygens (including phenoxy) is 1. The van der Waals surface area contributed by atoms with Crippen LogP contribution in [-0.4, -0.2) is 55.4 Å². The summed E-state index contributed by atoms with van der Waals surface area (Å²) in [5.41, 5.74) is 1.21. The van der Waals surface area contributed by atoms with Crippen molar-refractivity contribution in [2.24, 2.45) is 5.92 Å². The number of piperidine rings is 1. The lowest BCUT2D eigenvalue weighted by atomic mass is 9.96. The Morgan fingerprint density at radius 2 is 1.69 bits per heavy atom. The molecule has 0 spiro atoms. The Kier molecular flexibility index (Phi) is 9.41. The van der Waals surface area contributed by atoms with Gasteiger partial charge < -0.3 is 9.64 Å². The number of sulfone groups is 1. The number of nitrogens with zero attached hydrogens (tertiary/aromatic N) is 4. The number of aryl methyl sites for hydroxylation is 1. The van der Waals surface area contributed by atoms with Gasteiger partial charge in [0, 0.05) is 44.5 Å². The maximum absolute atomic E-state index is 10.8. The highest BCUT2D eigenvalue weighted by Crippen LogP contribution is 2.24. The third-order valence-corrected chi connectivity index (χ3v) is 7.14. The fourth-order valence-corrected chi connectivity index (χ4v) is 4.64. The SMILES string of the molecule is CCc1cnc(N2CCC(COC3CCCCC3)CC2)nc1.CS(=O)(=O)c1ccccn1. The Morgan fingerprint density at radius 3 is 2.22 bits per heavy atom. The average molecular weight is 461 g/mol. The van der Waals surface area contributed by atoms with E-state index in [4.69, 9.17) is 4.74 Å². The number of aromatic nitrogens is 3. The van der Waals surface area contributed by atoms with E-state index in [1.54, 1.807) is 12.1 Å². The Hall–Kier alpha value is -2.06. The minimum Gasteiger partial charge on any atom is -0.378 e. The standard InChI is InChI=1S/C18H29N3O.C6H7NO2S/c1-2-15-12-19-18(20-13-15)21-10-8-16(9-11-21)14-22-17-6-4-3-5-7-17;1-10(8,9)6-4-2-3-5-7-6/h12-13,16-17H,2-11,14H2,1H3;2-5H,1H3. The Labute approximate surface area is 192 Å². The zero-order valence-corrected chi connectivity index (χ0v) is 20.1. The average Bonchev–Trinajstić information content (AvgIpc) is 2.84. The van der Waals surface area contributed by atoms with Crippen LogP contribution in [0, 0.1) is 5.92 Å². The summed E-state index contributed by atoms with van der Waals surface area (Å²) >= 11 is 0. The molecule has 1 aliphatic carbocycles. The molecule has 7 nitrogen and oxygen atoms in total. The number of pyridine rings is 1. The molecule has 32 heavy (non-hydrogen) atoms. The molecule has 3 heterocycles. The lowest BCUT2D eigenvalue weighted by Crippen LogP contribution is -2.36. The molecule has 0 aromatic carbocycles. The maximum Gasteiger partial charge on any atom is 0.225 e. The van der Waals surface area contributed by atoms with Gasteiger partial charge in [-0.1, -0.05) is 32.3 Å². The summed E-state index contributed by atoms with van der Waals surface area (Å²) in [4.78, 5) is 15.0. The third-order valence-electron chi connectivity index (χ3n) is 6.13. The summed E-state index contributed by atoms with van der Waals surface area (Å²) in [5.74, 6) is 1.61. The largest absolute Gasteiger partial charge is 0.378 e. The van der Waals surface area contributed by atoms with Crippen molar-refractivity contribution in [3.8, 4) is 0 Å². The fraction of sp³-hybridized carbons (Fsp3) is 0.625. The van der Waals surface area contributed by atoms with Gasteiger partial charge in [0.15, 0.2) is 14.9 Å². The van der Waals surface area contributed by atoms with Gasteiger partial charge in [-0.3, -0.25) is 0 Å². The molecule has 0 unspecified atom stereocenters. The molecule has 4 rings (SSSR count). The van der Waals surface area contributed by atoms with Crippen LogP contribution in [0.3, 0.4) is 0 Å². The van der Waals surface area contributed by atoms with Gasteiger partial charge in [0.2, 0.25) is 5.95 Å². The summed E-state index contributed by atoms with van der Waals surface area (Å²) < 4.78 is 27.7. The van der Waals surface area contributed by atoms with Crippen molar-refractivity contribution in [3.63, 3.8) is 0 Å². The first kappa shape index (κ1) is 24.6. The number of hydrogen-bond donors (Lipinski definition) is 0. The maximum atomic E-state index is 10.8. The van der Waals surface area contributed by atoms with E-state index in [-0.39, 0.29) is 5.03 Å². The zero-order chi connectivity index (χ0) is 22.8. The molecule has 2 fully saturated rings. The number of rotatable bonds is 6. The summed E-state index contributed by atoms with van der Waals surface area (Å²) in [6.07, 6.45) is 17.1. The molecule has 1 aliphatic heterocycles. The van der Waals surface area contributed by atoms with E-state index in [1.807, 2.05) is 12.4 Å². The molecule has 2 aliphatic rings. The predicted octanol–water partition coefficient (Wildman–Crippen LogP) is 4.09. The van der Waals surface area contributed by atoms with Crippen molar-refractivity contribution in [3.05, 3.63) is 42.4 Å². The fourth-order valence-electron chi connectivity index (χ4n) is 4.06. The van der Waals surface area contributed by atoms with Crippen LogP contribution < -0.4 is 4.90 Å². The smallest absolute Gasteiger partial charge is 0.225 e. The monoisotopic (exact) mass is 460 g/mol. The minimum atomic E-state index is -3.11. The molecular formula is C24H36N4O3S. The van der Waals surface area contributed by atoms with Gasteiger partial charge in [-0.15, -0.1) is 0 Å². The Morgan fingerprint density at radius 1 is 1.00 bits per heavy atom. The van der Waals surface area contributed by atoms with Crippen LogP contribution in [0.25, 0.3) is 0 Å². The van der Waals surface area contributed by atoms with E-state index in [0.717, 1.165) is 38.3 Å². The first-order valence-corrected chi connectivity index (χ1v) is 13.6. The minimum absolute atomic E-state index is 0.120. The summed E-state index contributed by atoms with van der Waals surface area (Å²) in [6.45, 7) is 5.21. The summed E-state index contributed by atoms with van der Waals surface area (Å²) in [5, 5.41) is 0.120. The van der Waals surface area contributed by atoms with Gasteiger partial charge in [-0.05, 0) is 55.7 Å². The first-order chi connectivity index (χ1) is 15.5. The molecule has 1 saturated heterocycles. The highest BCUT2D eigenvalue weighted by atomic mass is 32.2. The van der Waals surface area contributed by atoms with Crippen molar-refractivity contribution in [1.82, 2.24) is 15.0 Å². The number of hydrogen-bond acceptors (Lipinski definition) is 7. The van der Waals surface area contributed by atoms with Crippen molar-refractivity contribution in [2.45, 2.75) is 69.4 Å². The van der Waals surface area contributed by atoms with Crippen LogP contribution in [-0.2, 0) is 21.0 Å². The van der Waals surface area contributed by atoms with Crippen LogP contribution >= 0.6 is 0 Å². The van der Waals surface area contributed by atoms with Gasteiger partial charge >= 0.3 is 0 Å². The molecule has 1 saturated carbocycles. The van der Waals surface area contributed by atoms with Crippen LogP contribution in [0.5, 0.6) is 0 Å². The quantitative estimate of drug-likeness (QED) is 0.642. The van der Waals surface area contributed by atoms with Crippen molar-refractivity contribution in [2.75, 3.05) is 30.9 Å². The number of anilines is 1. The highest BCUT2D eigenvalue weighted by molar-refractivity contribution is 7.90. The van der Waals surface area contributed by atoms with Gasteiger partial charge in [-0.2, -0.15) is 0 Å². The molecule has 0 bridgehead atoms. The molecule has 8 heteroatoms. The summed E-state index contributed by atoms with van der Waals surface area (Å²) in [7, 11) is -3.11. The van der Waals surface area contributed by atoms with E-state index in [2.05, 4.69) is 26.8 Å². The van der Waals surface area contributed by atoms with E-state index in [1.165, 1.54) is 62.8 Å². The van der Waals surface area contributed by atoms with Crippen molar-refractivity contribution in [1.29, 1.82) is 0 Å². The third kappa shape index (κ3) is 7.81. The topological polar surface area (TPSA) is 85.3 Å². The molecular weight excluding hydrogens is 424 g/mol. The van der Waals surface area contributed by atoms with Gasteiger partial charge in [0.05, 0.1) is 6.10 Å². The van der Waals surface area contributed by atoms with Crippen LogP contribution in [0.1, 0.15) is 57.4 Å². The van der Waals surface area contributed by atoms with Crippen LogP contribution in [0.2, 0.25) is 0 Å². The second-order valence-corrected chi connectivity index (χ2v) is 10.7. The molecule has 2 aromatic heterocycles. The van der Waals surface area contributed by atoms with Crippen LogP contribution in [0.4, 0.5) is 5.95 Å². The Bertz CT molecular complexity index is 893. The van der Waals surface area contributed by atoms with Gasteiger partial charge in [0.25, 0.3) is 0 Å².